The molecule has 0 aromatic heterocycles. The van der Waals surface area contributed by atoms with Gasteiger partial charge in [0.15, 0.2) is 0 Å². The second kappa shape index (κ2) is 10.6. The monoisotopic (exact) mass is 285 g/mol. The van der Waals surface area contributed by atoms with Crippen LogP contribution in [0.3, 0.4) is 0 Å². The van der Waals surface area contributed by atoms with Crippen molar-refractivity contribution in [1.29, 1.82) is 0 Å². The molecule has 0 bridgehead atoms. The van der Waals surface area contributed by atoms with E-state index in [0.29, 0.717) is 5.41 Å². The predicted molar refractivity (Wildman–Crippen MR) is 91.1 cm³/mol. The Morgan fingerprint density at radius 1 is 0.950 bits per heavy atom. The molecule has 0 radical (unpaired) electrons. The first-order valence-corrected chi connectivity index (χ1v) is 8.38. The maximum absolute atomic E-state index is 5.77. The summed E-state index contributed by atoms with van der Waals surface area (Å²) in [5.41, 5.74) is 6.16. The molecule has 3 heteroatoms. The van der Waals surface area contributed by atoms with Crippen LogP contribution in [0.25, 0.3) is 0 Å². The van der Waals surface area contributed by atoms with Gasteiger partial charge in [-0.3, -0.25) is 0 Å². The van der Waals surface area contributed by atoms with Crippen LogP contribution < -0.4 is 5.73 Å². The van der Waals surface area contributed by atoms with E-state index in [1.54, 1.807) is 0 Å². The Kier molecular flexibility index (Phi) is 10.5. The Bertz CT molecular complexity index is 221. The smallest absolute Gasteiger partial charge is 0.0109 e. The summed E-state index contributed by atoms with van der Waals surface area (Å²) in [7, 11) is 4.31. The molecule has 0 rings (SSSR count). The van der Waals surface area contributed by atoms with Gasteiger partial charge >= 0.3 is 0 Å². The summed E-state index contributed by atoms with van der Waals surface area (Å²) in [6, 6.07) is 0. The molecule has 2 N–H and O–H groups in total. The van der Waals surface area contributed by atoms with Crippen LogP contribution >= 0.6 is 0 Å². The molecule has 0 heterocycles. The highest BCUT2D eigenvalue weighted by molar-refractivity contribution is 4.75. The molecule has 0 aromatic rings. The fourth-order valence-electron chi connectivity index (χ4n) is 2.77. The van der Waals surface area contributed by atoms with Crippen molar-refractivity contribution in [1.82, 2.24) is 9.80 Å². The lowest BCUT2D eigenvalue weighted by Gasteiger charge is -2.31. The van der Waals surface area contributed by atoms with Crippen molar-refractivity contribution >= 4 is 0 Å². The highest BCUT2D eigenvalue weighted by Gasteiger charge is 2.23. The second-order valence-electron chi connectivity index (χ2n) is 7.43. The zero-order chi connectivity index (χ0) is 15.6. The van der Waals surface area contributed by atoms with Gasteiger partial charge in [0.25, 0.3) is 0 Å². The molecular weight excluding hydrogens is 246 g/mol. The lowest BCUT2D eigenvalue weighted by molar-refractivity contribution is 0.188. The third kappa shape index (κ3) is 9.73. The highest BCUT2D eigenvalue weighted by Crippen LogP contribution is 2.32. The minimum Gasteiger partial charge on any atom is -0.330 e. The summed E-state index contributed by atoms with van der Waals surface area (Å²) < 4.78 is 0. The van der Waals surface area contributed by atoms with Gasteiger partial charge in [0, 0.05) is 13.1 Å². The van der Waals surface area contributed by atoms with Crippen molar-refractivity contribution in [2.75, 3.05) is 46.8 Å². The van der Waals surface area contributed by atoms with Gasteiger partial charge < -0.3 is 15.5 Å². The van der Waals surface area contributed by atoms with E-state index in [-0.39, 0.29) is 0 Å². The first-order chi connectivity index (χ1) is 9.31. The molecule has 20 heavy (non-hydrogen) atoms. The predicted octanol–water partition coefficient (Wildman–Crippen LogP) is 3.05. The van der Waals surface area contributed by atoms with E-state index >= 15 is 0 Å². The normalized spacial score (nSPS) is 14.2. The standard InChI is InChI=1S/C17H39N3/c1-7-12-20(15-14-19(5)6)13-8-9-16(10-11-18)17(2,3)4/h16H,7-15,18H2,1-6H3. The molecule has 0 amide bonds. The van der Waals surface area contributed by atoms with Gasteiger partial charge in [-0.05, 0) is 70.7 Å². The van der Waals surface area contributed by atoms with Crippen molar-refractivity contribution < 1.29 is 0 Å². The highest BCUT2D eigenvalue weighted by atomic mass is 15.2. The molecule has 0 aliphatic rings. The van der Waals surface area contributed by atoms with Crippen LogP contribution in [0.2, 0.25) is 0 Å². The molecule has 3 nitrogen and oxygen atoms in total. The zero-order valence-electron chi connectivity index (χ0n) is 14.9. The van der Waals surface area contributed by atoms with Crippen molar-refractivity contribution in [3.63, 3.8) is 0 Å². The quantitative estimate of drug-likeness (QED) is 0.633. The SMILES string of the molecule is CCCN(CCCC(CCN)C(C)(C)C)CCN(C)C. The van der Waals surface area contributed by atoms with Crippen molar-refractivity contribution in [2.24, 2.45) is 17.1 Å². The van der Waals surface area contributed by atoms with Gasteiger partial charge in [0.05, 0.1) is 0 Å². The summed E-state index contributed by atoms with van der Waals surface area (Å²) in [5, 5.41) is 0. The van der Waals surface area contributed by atoms with Gasteiger partial charge in [0.1, 0.15) is 0 Å². The largest absolute Gasteiger partial charge is 0.330 e. The van der Waals surface area contributed by atoms with E-state index in [2.05, 4.69) is 51.6 Å². The molecule has 0 aromatic carbocycles. The number of hydrogen-bond acceptors (Lipinski definition) is 3. The number of hydrogen-bond donors (Lipinski definition) is 1. The maximum Gasteiger partial charge on any atom is 0.0109 e. The average molecular weight is 286 g/mol. The number of rotatable bonds is 11. The zero-order valence-corrected chi connectivity index (χ0v) is 14.9. The van der Waals surface area contributed by atoms with Crippen molar-refractivity contribution in [2.45, 2.75) is 53.4 Å². The summed E-state index contributed by atoms with van der Waals surface area (Å²) in [6.45, 7) is 15.0. The van der Waals surface area contributed by atoms with Crippen LogP contribution in [0.5, 0.6) is 0 Å². The van der Waals surface area contributed by atoms with E-state index < -0.39 is 0 Å². The van der Waals surface area contributed by atoms with Crippen LogP contribution in [0.15, 0.2) is 0 Å². The van der Waals surface area contributed by atoms with E-state index in [1.807, 2.05) is 0 Å². The van der Waals surface area contributed by atoms with Crippen LogP contribution in [0.4, 0.5) is 0 Å². The number of nitrogens with two attached hydrogens (primary N) is 1. The lowest BCUT2D eigenvalue weighted by Crippen LogP contribution is -2.33. The third-order valence-electron chi connectivity index (χ3n) is 4.17. The molecule has 0 fully saturated rings. The van der Waals surface area contributed by atoms with Gasteiger partial charge in [-0.25, -0.2) is 0 Å². The molecule has 1 atom stereocenters. The summed E-state index contributed by atoms with van der Waals surface area (Å²) >= 11 is 0. The Labute approximate surface area is 127 Å². The van der Waals surface area contributed by atoms with Crippen LogP contribution in [-0.2, 0) is 0 Å². The van der Waals surface area contributed by atoms with Crippen LogP contribution in [-0.4, -0.2) is 56.6 Å². The summed E-state index contributed by atoms with van der Waals surface area (Å²) in [5.74, 6) is 0.754. The molecule has 0 saturated heterocycles. The number of likely N-dealkylation sites (N-methyl/N-ethyl adjacent to an activating group) is 1. The van der Waals surface area contributed by atoms with E-state index in [9.17, 15) is 0 Å². The Morgan fingerprint density at radius 2 is 1.60 bits per heavy atom. The minimum atomic E-state index is 0.387. The van der Waals surface area contributed by atoms with Gasteiger partial charge in [0.2, 0.25) is 0 Å². The fourth-order valence-corrected chi connectivity index (χ4v) is 2.77. The van der Waals surface area contributed by atoms with Gasteiger partial charge in [-0.2, -0.15) is 0 Å². The molecule has 0 spiro atoms. The second-order valence-corrected chi connectivity index (χ2v) is 7.43. The average Bonchev–Trinajstić information content (AvgIpc) is 2.33. The number of nitrogens with zero attached hydrogens (tertiary/aromatic N) is 2. The van der Waals surface area contributed by atoms with Crippen LogP contribution in [0, 0.1) is 11.3 Å². The molecule has 0 aliphatic carbocycles. The Morgan fingerprint density at radius 3 is 2.05 bits per heavy atom. The topological polar surface area (TPSA) is 32.5 Å². The molecular formula is C17H39N3. The van der Waals surface area contributed by atoms with Crippen molar-refractivity contribution in [3.05, 3.63) is 0 Å². The van der Waals surface area contributed by atoms with E-state index in [4.69, 9.17) is 5.73 Å². The fraction of sp³-hybridized carbons (Fsp3) is 1.00. The maximum atomic E-state index is 5.77. The molecule has 0 aliphatic heterocycles. The molecule has 1 unspecified atom stereocenters. The Balaban J connectivity index is 4.12. The van der Waals surface area contributed by atoms with E-state index in [0.717, 1.165) is 25.4 Å². The first-order valence-electron chi connectivity index (χ1n) is 8.38. The van der Waals surface area contributed by atoms with Gasteiger partial charge in [-0.15, -0.1) is 0 Å². The molecule has 122 valence electrons. The van der Waals surface area contributed by atoms with Crippen molar-refractivity contribution in [3.8, 4) is 0 Å². The van der Waals surface area contributed by atoms with E-state index in [1.165, 1.54) is 38.9 Å². The first kappa shape index (κ1) is 19.9. The van der Waals surface area contributed by atoms with Crippen LogP contribution in [0.1, 0.15) is 53.4 Å². The van der Waals surface area contributed by atoms with Gasteiger partial charge in [-0.1, -0.05) is 27.7 Å². The summed E-state index contributed by atoms with van der Waals surface area (Å²) in [4.78, 5) is 4.89. The Hall–Kier alpha value is -0.120. The minimum absolute atomic E-state index is 0.387. The lowest BCUT2D eigenvalue weighted by atomic mass is 9.76. The summed E-state index contributed by atoms with van der Waals surface area (Å²) in [6.07, 6.45) is 5.02. The molecule has 0 saturated carbocycles. The third-order valence-corrected chi connectivity index (χ3v) is 4.17.